The molecule has 1 atom stereocenters. The number of halogens is 1. The molecule has 0 aliphatic heterocycles. The number of nitrogens with zero attached hydrogens (tertiary/aromatic N) is 1. The van der Waals surface area contributed by atoms with E-state index in [2.05, 4.69) is 10.3 Å². The summed E-state index contributed by atoms with van der Waals surface area (Å²) in [5.74, 6) is 0.887. The lowest BCUT2D eigenvalue weighted by Gasteiger charge is -2.18. The van der Waals surface area contributed by atoms with Crippen LogP contribution in [0.1, 0.15) is 28.9 Å². The van der Waals surface area contributed by atoms with Gasteiger partial charge in [0.1, 0.15) is 0 Å². The van der Waals surface area contributed by atoms with Gasteiger partial charge in [-0.3, -0.25) is 9.78 Å². The molecule has 1 heterocycles. The molecule has 1 N–H and O–H groups in total. The lowest BCUT2D eigenvalue weighted by atomic mass is 10.1. The van der Waals surface area contributed by atoms with Crippen molar-refractivity contribution in [3.05, 3.63) is 52.8 Å². The Labute approximate surface area is 134 Å². The monoisotopic (exact) mass is 320 g/mol. The second-order valence-corrected chi connectivity index (χ2v) is 5.07. The number of pyridine rings is 1. The highest BCUT2D eigenvalue weighted by Crippen LogP contribution is 2.35. The van der Waals surface area contributed by atoms with Gasteiger partial charge >= 0.3 is 0 Å². The van der Waals surface area contributed by atoms with E-state index in [1.807, 2.05) is 6.92 Å². The number of hydrogen-bond acceptors (Lipinski definition) is 4. The molecule has 1 aromatic carbocycles. The summed E-state index contributed by atoms with van der Waals surface area (Å²) in [6.07, 6.45) is 3.13. The molecule has 22 heavy (non-hydrogen) atoms. The zero-order valence-corrected chi connectivity index (χ0v) is 13.3. The number of aromatic nitrogens is 1. The number of ether oxygens (including phenoxy) is 2. The fourth-order valence-corrected chi connectivity index (χ4v) is 2.37. The Kier molecular flexibility index (Phi) is 5.22. The van der Waals surface area contributed by atoms with Gasteiger partial charge in [-0.25, -0.2) is 0 Å². The summed E-state index contributed by atoms with van der Waals surface area (Å²) >= 11 is 6.26. The molecule has 0 fully saturated rings. The van der Waals surface area contributed by atoms with Gasteiger partial charge in [0.25, 0.3) is 5.91 Å². The molecule has 0 aliphatic carbocycles. The maximum atomic E-state index is 12.2. The van der Waals surface area contributed by atoms with E-state index in [1.165, 1.54) is 6.20 Å². The highest BCUT2D eigenvalue weighted by Gasteiger charge is 2.17. The van der Waals surface area contributed by atoms with Crippen LogP contribution in [0.2, 0.25) is 5.02 Å². The summed E-state index contributed by atoms with van der Waals surface area (Å²) in [6.45, 7) is 1.85. The molecule has 116 valence electrons. The lowest BCUT2D eigenvalue weighted by Crippen LogP contribution is -2.27. The van der Waals surface area contributed by atoms with Crippen molar-refractivity contribution in [2.75, 3.05) is 14.2 Å². The fraction of sp³-hybridized carbons (Fsp3) is 0.250. The number of methoxy groups -OCH3 is 2. The van der Waals surface area contributed by atoms with Crippen LogP contribution in [0.4, 0.5) is 0 Å². The average Bonchev–Trinajstić information content (AvgIpc) is 2.55. The van der Waals surface area contributed by atoms with Crippen molar-refractivity contribution in [3.63, 3.8) is 0 Å². The number of carbonyl (C=O) groups is 1. The first-order valence-corrected chi connectivity index (χ1v) is 7.07. The van der Waals surface area contributed by atoms with Crippen molar-refractivity contribution in [1.29, 1.82) is 0 Å². The van der Waals surface area contributed by atoms with E-state index in [0.717, 1.165) is 5.56 Å². The molecule has 0 radical (unpaired) electrons. The molecule has 0 saturated heterocycles. The normalized spacial score (nSPS) is 11.6. The summed E-state index contributed by atoms with van der Waals surface area (Å²) in [4.78, 5) is 16.1. The molecule has 2 rings (SSSR count). The topological polar surface area (TPSA) is 60.5 Å². The van der Waals surface area contributed by atoms with E-state index in [1.54, 1.807) is 44.7 Å². The maximum absolute atomic E-state index is 12.2. The average molecular weight is 321 g/mol. The number of rotatable bonds is 5. The summed E-state index contributed by atoms with van der Waals surface area (Å²) in [7, 11) is 3.09. The minimum absolute atomic E-state index is 0.216. The maximum Gasteiger partial charge on any atom is 0.253 e. The molecule has 2 aromatic rings. The van der Waals surface area contributed by atoms with Crippen LogP contribution in [0, 0.1) is 0 Å². The molecule has 6 heteroatoms. The molecule has 0 spiro atoms. The standard InChI is InChI=1S/C16H17ClN2O3/c1-10(19-16(20)11-5-4-6-18-9-11)12-7-14(21-2)15(22-3)8-13(12)17/h4-10H,1-3H3,(H,19,20). The van der Waals surface area contributed by atoms with Crippen LogP contribution in [0.15, 0.2) is 36.7 Å². The number of nitrogens with one attached hydrogen (secondary N) is 1. The highest BCUT2D eigenvalue weighted by atomic mass is 35.5. The third-order valence-electron chi connectivity index (χ3n) is 3.24. The number of hydrogen-bond donors (Lipinski definition) is 1. The zero-order chi connectivity index (χ0) is 16.1. The first-order valence-electron chi connectivity index (χ1n) is 6.69. The van der Waals surface area contributed by atoms with Gasteiger partial charge < -0.3 is 14.8 Å². The second kappa shape index (κ2) is 7.13. The van der Waals surface area contributed by atoms with Gasteiger partial charge in [0, 0.05) is 23.5 Å². The molecule has 1 aromatic heterocycles. The zero-order valence-electron chi connectivity index (χ0n) is 12.6. The van der Waals surface area contributed by atoms with Gasteiger partial charge in [0.15, 0.2) is 11.5 Å². The van der Waals surface area contributed by atoms with Gasteiger partial charge in [-0.05, 0) is 30.7 Å². The summed E-state index contributed by atoms with van der Waals surface area (Å²) in [5.41, 5.74) is 1.24. The van der Waals surface area contributed by atoms with Gasteiger partial charge in [-0.1, -0.05) is 11.6 Å². The molecule has 0 aliphatic rings. The van der Waals surface area contributed by atoms with Crippen molar-refractivity contribution >= 4 is 17.5 Å². The minimum Gasteiger partial charge on any atom is -0.493 e. The van der Waals surface area contributed by atoms with Crippen molar-refractivity contribution in [3.8, 4) is 11.5 Å². The number of carbonyl (C=O) groups excluding carboxylic acids is 1. The predicted molar refractivity (Wildman–Crippen MR) is 84.7 cm³/mol. The second-order valence-electron chi connectivity index (χ2n) is 4.67. The number of amides is 1. The Morgan fingerprint density at radius 2 is 1.95 bits per heavy atom. The van der Waals surface area contributed by atoms with Crippen LogP contribution in [0.5, 0.6) is 11.5 Å². The fourth-order valence-electron chi connectivity index (χ4n) is 2.06. The summed E-state index contributed by atoms with van der Waals surface area (Å²) < 4.78 is 10.5. The first-order chi connectivity index (χ1) is 10.6. The minimum atomic E-state index is -0.292. The Morgan fingerprint density at radius 1 is 1.27 bits per heavy atom. The van der Waals surface area contributed by atoms with Crippen LogP contribution in [0.25, 0.3) is 0 Å². The third-order valence-corrected chi connectivity index (χ3v) is 3.57. The van der Waals surface area contributed by atoms with Gasteiger partial charge in [0.2, 0.25) is 0 Å². The van der Waals surface area contributed by atoms with Crippen molar-refractivity contribution < 1.29 is 14.3 Å². The summed E-state index contributed by atoms with van der Waals surface area (Å²) in [5, 5.41) is 3.38. The number of benzene rings is 1. The largest absolute Gasteiger partial charge is 0.493 e. The van der Waals surface area contributed by atoms with Crippen LogP contribution >= 0.6 is 11.6 Å². The van der Waals surface area contributed by atoms with E-state index in [4.69, 9.17) is 21.1 Å². The third kappa shape index (κ3) is 3.49. The highest BCUT2D eigenvalue weighted by molar-refractivity contribution is 6.31. The van der Waals surface area contributed by atoms with Crippen LogP contribution in [0.3, 0.4) is 0 Å². The van der Waals surface area contributed by atoms with Crippen molar-refractivity contribution in [2.45, 2.75) is 13.0 Å². The lowest BCUT2D eigenvalue weighted by molar-refractivity contribution is 0.0939. The molecule has 0 saturated carbocycles. The van der Waals surface area contributed by atoms with Crippen LogP contribution < -0.4 is 14.8 Å². The van der Waals surface area contributed by atoms with E-state index in [0.29, 0.717) is 22.1 Å². The smallest absolute Gasteiger partial charge is 0.253 e. The molecular weight excluding hydrogens is 304 g/mol. The van der Waals surface area contributed by atoms with Gasteiger partial charge in [-0.15, -0.1) is 0 Å². The van der Waals surface area contributed by atoms with E-state index in [9.17, 15) is 4.79 Å². The van der Waals surface area contributed by atoms with Gasteiger partial charge in [0.05, 0.1) is 25.8 Å². The van der Waals surface area contributed by atoms with E-state index >= 15 is 0 Å². The quantitative estimate of drug-likeness (QED) is 0.918. The first kappa shape index (κ1) is 16.1. The predicted octanol–water partition coefficient (Wildman–Crippen LogP) is 3.24. The summed E-state index contributed by atoms with van der Waals surface area (Å²) in [6, 6.07) is 6.55. The van der Waals surface area contributed by atoms with Gasteiger partial charge in [-0.2, -0.15) is 0 Å². The van der Waals surface area contributed by atoms with E-state index in [-0.39, 0.29) is 11.9 Å². The van der Waals surface area contributed by atoms with Crippen molar-refractivity contribution in [2.24, 2.45) is 0 Å². The Bertz CT molecular complexity index is 662. The van der Waals surface area contributed by atoms with Crippen LogP contribution in [-0.4, -0.2) is 25.1 Å². The van der Waals surface area contributed by atoms with Crippen molar-refractivity contribution in [1.82, 2.24) is 10.3 Å². The molecule has 1 amide bonds. The SMILES string of the molecule is COc1cc(Cl)c(C(C)NC(=O)c2cccnc2)cc1OC. The molecule has 5 nitrogen and oxygen atoms in total. The van der Waals surface area contributed by atoms with Crippen LogP contribution in [-0.2, 0) is 0 Å². The Balaban J connectivity index is 2.22. The molecule has 0 bridgehead atoms. The molecule has 1 unspecified atom stereocenters. The molecular formula is C16H17ClN2O3. The van der Waals surface area contributed by atoms with E-state index < -0.39 is 0 Å². The Hall–Kier alpha value is -2.27. The Morgan fingerprint density at radius 3 is 2.55 bits per heavy atom.